The maximum Gasteiger partial charge on any atom is 0.313 e. The number of ether oxygens (including phenoxy) is 2. The summed E-state index contributed by atoms with van der Waals surface area (Å²) in [5, 5.41) is 50.7. The molecule has 0 aliphatic carbocycles. The Bertz CT molecular complexity index is 990. The van der Waals surface area contributed by atoms with Gasteiger partial charge in [-0.05, 0) is 43.7 Å². The van der Waals surface area contributed by atoms with Crippen molar-refractivity contribution >= 4 is 11.7 Å². The van der Waals surface area contributed by atoms with Gasteiger partial charge in [0.1, 0.15) is 5.60 Å². The van der Waals surface area contributed by atoms with E-state index in [0.29, 0.717) is 30.3 Å². The lowest BCUT2D eigenvalue weighted by molar-refractivity contribution is -0.167. The van der Waals surface area contributed by atoms with E-state index in [1.54, 1.807) is 25.1 Å². The molecule has 32 heavy (non-hydrogen) atoms. The summed E-state index contributed by atoms with van der Waals surface area (Å²) in [6.07, 6.45) is -1.11. The van der Waals surface area contributed by atoms with Crippen LogP contribution in [0.3, 0.4) is 0 Å². The standard InChI is InChI=1S/C22H27NO9/c1-4-31-17-9-6-13(10-18(17)32-5-2)11-22(29,12-16(25)21(28)23(3)30)14-7-8-15(24)20(27)19(14)26/h6-10,24,26-27,29-30H,4-5,11-12H2,1-3H3. The van der Waals surface area contributed by atoms with E-state index in [9.17, 15) is 35.2 Å². The van der Waals surface area contributed by atoms with Gasteiger partial charge in [-0.1, -0.05) is 6.07 Å². The predicted molar refractivity (Wildman–Crippen MR) is 112 cm³/mol. The first-order valence-electron chi connectivity index (χ1n) is 9.89. The number of hydrogen-bond donors (Lipinski definition) is 5. The summed E-state index contributed by atoms with van der Waals surface area (Å²) in [7, 11) is 0.962. The van der Waals surface area contributed by atoms with Crippen molar-refractivity contribution in [2.45, 2.75) is 32.3 Å². The molecule has 174 valence electrons. The minimum Gasteiger partial charge on any atom is -0.504 e. The van der Waals surface area contributed by atoms with E-state index >= 15 is 0 Å². The number of Topliss-reactive ketones (excluding diaryl/α,β-unsaturated/α-hetero) is 1. The van der Waals surface area contributed by atoms with Crippen molar-refractivity contribution < 1.29 is 44.7 Å². The molecule has 1 unspecified atom stereocenters. The van der Waals surface area contributed by atoms with E-state index in [-0.39, 0.29) is 17.0 Å². The molecule has 2 aromatic carbocycles. The highest BCUT2D eigenvalue weighted by Gasteiger charge is 2.38. The average molecular weight is 449 g/mol. The van der Waals surface area contributed by atoms with Gasteiger partial charge >= 0.3 is 5.91 Å². The number of hydroxylamine groups is 2. The maximum absolute atomic E-state index is 12.4. The van der Waals surface area contributed by atoms with Crippen LogP contribution in [0.4, 0.5) is 0 Å². The normalized spacial score (nSPS) is 12.7. The third-order valence-corrected chi connectivity index (χ3v) is 4.72. The summed E-state index contributed by atoms with van der Waals surface area (Å²) in [5.74, 6) is -3.91. The molecule has 10 heteroatoms. The zero-order chi connectivity index (χ0) is 24.1. The molecule has 5 N–H and O–H groups in total. The number of benzene rings is 2. The fourth-order valence-electron chi connectivity index (χ4n) is 3.26. The molecule has 0 spiro atoms. The fourth-order valence-corrected chi connectivity index (χ4v) is 3.26. The number of carbonyl (C=O) groups is 2. The van der Waals surface area contributed by atoms with Crippen molar-refractivity contribution in [2.75, 3.05) is 20.3 Å². The monoisotopic (exact) mass is 449 g/mol. The SMILES string of the molecule is CCOc1ccc(CC(O)(CC(=O)C(=O)N(C)O)c2ccc(O)c(O)c2O)cc1OCC. The van der Waals surface area contributed by atoms with Crippen molar-refractivity contribution in [3.63, 3.8) is 0 Å². The van der Waals surface area contributed by atoms with Crippen molar-refractivity contribution in [3.8, 4) is 28.7 Å². The van der Waals surface area contributed by atoms with Gasteiger partial charge in [0.15, 0.2) is 23.0 Å². The second-order valence-electron chi connectivity index (χ2n) is 7.11. The molecule has 0 fully saturated rings. The van der Waals surface area contributed by atoms with Crippen molar-refractivity contribution in [3.05, 3.63) is 41.5 Å². The van der Waals surface area contributed by atoms with Crippen LogP contribution in [0.5, 0.6) is 28.7 Å². The first kappa shape index (κ1) is 24.8. The van der Waals surface area contributed by atoms with Crippen LogP contribution in [-0.4, -0.2) is 62.6 Å². The minimum atomic E-state index is -2.19. The molecule has 0 heterocycles. The molecule has 1 atom stereocenters. The summed E-state index contributed by atoms with van der Waals surface area (Å²) in [6.45, 7) is 4.33. The Morgan fingerprint density at radius 2 is 1.59 bits per heavy atom. The van der Waals surface area contributed by atoms with Gasteiger partial charge in [0.2, 0.25) is 11.5 Å². The predicted octanol–water partition coefficient (Wildman–Crippen LogP) is 1.84. The van der Waals surface area contributed by atoms with Crippen LogP contribution < -0.4 is 9.47 Å². The Hall–Kier alpha value is -3.50. The number of carbonyl (C=O) groups excluding carboxylic acids is 2. The molecule has 10 nitrogen and oxygen atoms in total. The van der Waals surface area contributed by atoms with E-state index in [4.69, 9.17) is 9.47 Å². The van der Waals surface area contributed by atoms with E-state index in [1.807, 2.05) is 6.92 Å². The number of hydrogen-bond acceptors (Lipinski definition) is 9. The zero-order valence-electron chi connectivity index (χ0n) is 18.0. The second-order valence-corrected chi connectivity index (χ2v) is 7.11. The fraction of sp³-hybridized carbons (Fsp3) is 0.364. The van der Waals surface area contributed by atoms with Gasteiger partial charge in [0.25, 0.3) is 0 Å². The molecule has 0 saturated carbocycles. The number of likely N-dealkylation sites (N-methyl/N-ethyl adjacent to an activating group) is 1. The Labute approximate surface area is 184 Å². The summed E-state index contributed by atoms with van der Waals surface area (Å²) in [6, 6.07) is 6.97. The van der Waals surface area contributed by atoms with Crippen LogP contribution in [-0.2, 0) is 21.6 Å². The van der Waals surface area contributed by atoms with Crippen molar-refractivity contribution in [2.24, 2.45) is 0 Å². The van der Waals surface area contributed by atoms with Gasteiger partial charge in [0, 0.05) is 25.5 Å². The van der Waals surface area contributed by atoms with Crippen LogP contribution in [0.1, 0.15) is 31.4 Å². The summed E-state index contributed by atoms with van der Waals surface area (Å²) in [5.41, 5.74) is -2.01. The number of amides is 1. The number of nitrogens with zero attached hydrogens (tertiary/aromatic N) is 1. The molecule has 0 aliphatic rings. The van der Waals surface area contributed by atoms with E-state index in [1.165, 1.54) is 0 Å². The lowest BCUT2D eigenvalue weighted by Gasteiger charge is -2.29. The van der Waals surface area contributed by atoms with Gasteiger partial charge < -0.3 is 29.9 Å². The van der Waals surface area contributed by atoms with Gasteiger partial charge in [0.05, 0.1) is 13.2 Å². The van der Waals surface area contributed by atoms with Crippen LogP contribution in [0.15, 0.2) is 30.3 Å². The number of phenolic OH excluding ortho intramolecular Hbond substituents is 3. The molecule has 0 saturated heterocycles. The molecule has 1 amide bonds. The van der Waals surface area contributed by atoms with Crippen LogP contribution in [0, 0.1) is 0 Å². The number of aromatic hydroxyl groups is 3. The van der Waals surface area contributed by atoms with E-state index < -0.39 is 41.0 Å². The Kier molecular flexibility index (Phi) is 7.90. The summed E-state index contributed by atoms with van der Waals surface area (Å²) < 4.78 is 11.1. The Morgan fingerprint density at radius 1 is 0.969 bits per heavy atom. The van der Waals surface area contributed by atoms with Gasteiger partial charge in [-0.15, -0.1) is 0 Å². The third kappa shape index (κ3) is 5.40. The van der Waals surface area contributed by atoms with Crippen LogP contribution in [0.25, 0.3) is 0 Å². The van der Waals surface area contributed by atoms with Gasteiger partial charge in [-0.25, -0.2) is 5.06 Å². The lowest BCUT2D eigenvalue weighted by Crippen LogP contribution is -2.38. The summed E-state index contributed by atoms with van der Waals surface area (Å²) in [4.78, 5) is 24.3. The van der Waals surface area contributed by atoms with Crippen molar-refractivity contribution in [1.82, 2.24) is 5.06 Å². The molecule has 2 rings (SSSR count). The topological polar surface area (TPSA) is 157 Å². The number of aliphatic hydroxyl groups is 1. The maximum atomic E-state index is 12.4. The number of rotatable bonds is 10. The highest BCUT2D eigenvalue weighted by molar-refractivity contribution is 6.35. The van der Waals surface area contributed by atoms with Crippen LogP contribution in [0.2, 0.25) is 0 Å². The number of phenols is 3. The lowest BCUT2D eigenvalue weighted by atomic mass is 9.82. The third-order valence-electron chi connectivity index (χ3n) is 4.72. The first-order valence-corrected chi connectivity index (χ1v) is 9.89. The van der Waals surface area contributed by atoms with Crippen molar-refractivity contribution in [1.29, 1.82) is 0 Å². The van der Waals surface area contributed by atoms with E-state index in [2.05, 4.69) is 0 Å². The molecule has 0 bridgehead atoms. The quantitative estimate of drug-likeness (QED) is 0.158. The minimum absolute atomic E-state index is 0.0843. The Morgan fingerprint density at radius 3 is 2.19 bits per heavy atom. The average Bonchev–Trinajstić information content (AvgIpc) is 2.73. The summed E-state index contributed by atoms with van der Waals surface area (Å²) >= 11 is 0. The first-order chi connectivity index (χ1) is 15.0. The largest absolute Gasteiger partial charge is 0.504 e. The number of ketones is 1. The second kappa shape index (κ2) is 10.2. The Balaban J connectivity index is 2.54. The van der Waals surface area contributed by atoms with Gasteiger partial charge in [-0.2, -0.15) is 0 Å². The molecular formula is C22H27NO9. The molecule has 0 aromatic heterocycles. The molecule has 0 radical (unpaired) electrons. The highest BCUT2D eigenvalue weighted by atomic mass is 16.5. The molecular weight excluding hydrogens is 422 g/mol. The highest BCUT2D eigenvalue weighted by Crippen LogP contribution is 2.44. The van der Waals surface area contributed by atoms with E-state index in [0.717, 1.165) is 19.2 Å². The zero-order valence-corrected chi connectivity index (χ0v) is 18.0. The van der Waals surface area contributed by atoms with Crippen LogP contribution >= 0.6 is 0 Å². The molecule has 0 aliphatic heterocycles. The molecule has 2 aromatic rings. The van der Waals surface area contributed by atoms with Gasteiger partial charge in [-0.3, -0.25) is 14.8 Å². The smallest absolute Gasteiger partial charge is 0.313 e.